The maximum atomic E-state index is 13.8. The van der Waals surface area contributed by atoms with Crippen LogP contribution in [0.3, 0.4) is 0 Å². The molecule has 5 fully saturated rings. The average molecular weight is 1660 g/mol. The molecule has 5 saturated carbocycles. The molecule has 5 aromatic heterocycles. The molecule has 636 valence electrons. The fraction of sp³-hybridized carbons (Fsp3) is 0.518. The average Bonchev–Trinajstić information content (AvgIpc) is 1.72. The van der Waals surface area contributed by atoms with Gasteiger partial charge < -0.3 is 33.5 Å². The summed E-state index contributed by atoms with van der Waals surface area (Å²) in [7, 11) is -3.60. The zero-order valence-corrected chi connectivity index (χ0v) is 67.6. The quantitative estimate of drug-likeness (QED) is 0.0225. The van der Waals surface area contributed by atoms with Gasteiger partial charge in [-0.1, -0.05) is 77.6 Å². The number of aliphatic hydroxyl groups excluding tert-OH is 1. The molecule has 4 aromatic carbocycles. The molecule has 9 aromatic rings. The molecule has 2 N–H and O–H groups in total. The molecule has 5 aliphatic rings. The number of esters is 2. The van der Waals surface area contributed by atoms with Gasteiger partial charge in [0.05, 0.1) is 43.2 Å². The van der Waals surface area contributed by atoms with Crippen LogP contribution >= 0.6 is 0 Å². The number of benzene rings is 4. The van der Waals surface area contributed by atoms with Crippen LogP contribution < -0.4 is 24.5 Å². The minimum absolute atomic E-state index is 0.00547. The van der Waals surface area contributed by atoms with E-state index in [-0.39, 0.29) is 85.4 Å². The first-order chi connectivity index (χ1) is 56.4. The number of rotatable bonds is 32. The van der Waals surface area contributed by atoms with Crippen LogP contribution in [0.1, 0.15) is 216 Å². The molecule has 5 heterocycles. The summed E-state index contributed by atoms with van der Waals surface area (Å²) in [6.45, 7) is 8.86. The Balaban J connectivity index is 0.000000155. The highest BCUT2D eigenvalue weighted by Crippen LogP contribution is 2.34. The number of nitrogens with one attached hydrogen (secondary N) is 1. The first-order valence-corrected chi connectivity index (χ1v) is 42.3. The van der Waals surface area contributed by atoms with Crippen LogP contribution in [-0.4, -0.2) is 93.8 Å². The molecule has 14 rings (SSSR count). The summed E-state index contributed by atoms with van der Waals surface area (Å²) in [6.07, 6.45) is 26.5. The third-order valence-corrected chi connectivity index (χ3v) is 21.6. The normalized spacial score (nSPS) is 15.3. The number of hydrogen-bond donors (Lipinski definition) is 2. The Morgan fingerprint density at radius 1 is 0.427 bits per heavy atom. The number of hydrogen-bond acceptors (Lipinski definition) is 17. The number of H-pyrrole nitrogens is 1. The maximum Gasteiger partial charge on any atom is 0.358 e. The molecule has 32 heteroatoms. The van der Waals surface area contributed by atoms with Crippen molar-refractivity contribution in [3.05, 3.63) is 211 Å². The van der Waals surface area contributed by atoms with E-state index in [2.05, 4.69) is 32.4 Å². The molecule has 0 radical (unpaired) electrons. The van der Waals surface area contributed by atoms with E-state index in [0.717, 1.165) is 143 Å². The molecule has 0 bridgehead atoms. The Morgan fingerprint density at radius 3 is 1.11 bits per heavy atom. The van der Waals surface area contributed by atoms with Gasteiger partial charge in [-0.05, 0) is 187 Å². The van der Waals surface area contributed by atoms with Crippen molar-refractivity contribution in [3.8, 4) is 23.5 Å². The van der Waals surface area contributed by atoms with E-state index in [1.807, 2.05) is 10.7 Å². The van der Waals surface area contributed by atoms with E-state index in [1.54, 1.807) is 40.0 Å². The fourth-order valence-electron chi connectivity index (χ4n) is 15.0. The minimum atomic E-state index is -3.60. The standard InChI is InChI=1S/C19H22F2N2O3.C19H24F2N2O.C18H22F2N2O4S.C17H20F2N2O2.C12H18N2O3/c1-2-25-19(24)17-10-18(23(22-17)11-13-5-3-4-6-13)26-12-14-9-15(20)7-8-16(14)21;1-2-5-17-11-19(23(22-17)12-14-6-3-4-7-14)24-13-15-10-16(20)8-9-18(15)21;1-27(23,24)26-12-16-9-18(22(21-16)10-13-4-2-3-5-13)25-11-14-8-15(19)6-7-17(14)20;18-14-5-6-16(19)13(7-14)11-23-17-8-15(10-22)20-21(17)9-12-3-1-2-4-12;1-2-17-12(16)10-7-11(15)14(13-10)8-9-5-3-4-6-9/h7-10,13H,2-6,11-12H2,1H3;8-11,14H,2-7,12-13H2,1H3;6-9,13H,2-5,10-12H2,1H3;5-8,12,22H,1-4,9-11H2;7,9,13H,2-6,8H2,1H3. The van der Waals surface area contributed by atoms with Crippen molar-refractivity contribution in [3.63, 3.8) is 0 Å². The Bertz CT molecular complexity index is 4820. The van der Waals surface area contributed by atoms with Crippen molar-refractivity contribution in [1.82, 2.24) is 48.9 Å². The summed E-state index contributed by atoms with van der Waals surface area (Å²) in [5, 5.41) is 29.7. The zero-order chi connectivity index (χ0) is 83.4. The van der Waals surface area contributed by atoms with E-state index in [4.69, 9.17) is 32.6 Å². The summed E-state index contributed by atoms with van der Waals surface area (Å²) in [4.78, 5) is 35.1. The van der Waals surface area contributed by atoms with Crippen molar-refractivity contribution >= 4 is 22.1 Å². The molecule has 0 spiro atoms. The van der Waals surface area contributed by atoms with Gasteiger partial charge in [0.25, 0.3) is 15.7 Å². The molecule has 0 saturated heterocycles. The van der Waals surface area contributed by atoms with Crippen molar-refractivity contribution in [1.29, 1.82) is 0 Å². The molecule has 5 aliphatic carbocycles. The number of carbonyl (C=O) groups is 2. The van der Waals surface area contributed by atoms with Gasteiger partial charge in [0.2, 0.25) is 23.5 Å². The highest BCUT2D eigenvalue weighted by Gasteiger charge is 2.27. The highest BCUT2D eigenvalue weighted by molar-refractivity contribution is 7.85. The number of nitrogens with zero attached hydrogens (tertiary/aromatic N) is 9. The van der Waals surface area contributed by atoms with E-state index >= 15 is 0 Å². The third kappa shape index (κ3) is 28.2. The van der Waals surface area contributed by atoms with Crippen molar-refractivity contribution in [2.24, 2.45) is 29.6 Å². The number of aromatic nitrogens is 10. The molecular formula is C85H106F8N10O13S. The monoisotopic (exact) mass is 1660 g/mol. The van der Waals surface area contributed by atoms with Gasteiger partial charge in [-0.25, -0.2) is 63.4 Å². The summed E-state index contributed by atoms with van der Waals surface area (Å²) in [6, 6.07) is 21.1. The summed E-state index contributed by atoms with van der Waals surface area (Å²) in [5.74, 6) is -0.562. The number of halogens is 8. The number of ether oxygens (including phenoxy) is 6. The lowest BCUT2D eigenvalue weighted by Gasteiger charge is -2.13. The predicted octanol–water partition coefficient (Wildman–Crippen LogP) is 17.4. The molecular weight excluding hydrogens is 1550 g/mol. The first-order valence-electron chi connectivity index (χ1n) is 40.5. The van der Waals surface area contributed by atoms with Crippen LogP contribution in [0.25, 0.3) is 0 Å². The second kappa shape index (κ2) is 44.7. The van der Waals surface area contributed by atoms with Crippen LogP contribution in [0.2, 0.25) is 0 Å². The van der Waals surface area contributed by atoms with E-state index in [1.165, 1.54) is 113 Å². The van der Waals surface area contributed by atoms with Gasteiger partial charge >= 0.3 is 11.9 Å². The maximum absolute atomic E-state index is 13.8. The topological polar surface area (TPSA) is 262 Å². The van der Waals surface area contributed by atoms with E-state index in [9.17, 15) is 63.0 Å². The largest absolute Gasteiger partial charge is 0.473 e. The molecule has 0 aliphatic heterocycles. The second-order valence-electron chi connectivity index (χ2n) is 30.3. The number of aryl methyl sites for hydroxylation is 1. The van der Waals surface area contributed by atoms with Gasteiger partial charge in [0, 0.05) is 85.3 Å². The van der Waals surface area contributed by atoms with E-state index < -0.39 is 68.6 Å². The molecule has 0 atom stereocenters. The van der Waals surface area contributed by atoms with Gasteiger partial charge in [0.1, 0.15) is 85.3 Å². The number of aromatic amines is 1. The SMILES string of the molecule is CCCc1cc(OCc2cc(F)ccc2F)n(CC2CCCC2)n1.CCOC(=O)c1cc(=O)n(CC2CCCC2)[nH]1.CCOC(=O)c1cc(OCc2cc(F)ccc2F)n(CC2CCCC2)n1.CS(=O)(=O)OCc1cc(OCc2cc(F)ccc2F)n(CC2CCCC2)n1.OCc1cc(OCc2cc(F)ccc2F)n(CC2CCCC2)n1. The van der Waals surface area contributed by atoms with Crippen molar-refractivity contribution in [2.75, 3.05) is 19.5 Å². The Morgan fingerprint density at radius 2 is 0.752 bits per heavy atom. The lowest BCUT2D eigenvalue weighted by molar-refractivity contribution is 0.0508. The Labute approximate surface area is 676 Å². The zero-order valence-electron chi connectivity index (χ0n) is 66.8. The molecule has 0 amide bonds. The highest BCUT2D eigenvalue weighted by atomic mass is 32.2. The predicted molar refractivity (Wildman–Crippen MR) is 418 cm³/mol. The van der Waals surface area contributed by atoms with Gasteiger partial charge in [-0.2, -0.15) is 28.8 Å². The number of aliphatic hydroxyl groups is 1. The van der Waals surface area contributed by atoms with Crippen LogP contribution in [0.4, 0.5) is 35.1 Å². The Kier molecular flexibility index (Phi) is 34.2. The van der Waals surface area contributed by atoms with Gasteiger partial charge in [0.15, 0.2) is 5.69 Å². The summed E-state index contributed by atoms with van der Waals surface area (Å²) < 4.78 is 176. The summed E-state index contributed by atoms with van der Waals surface area (Å²) >= 11 is 0. The van der Waals surface area contributed by atoms with E-state index in [0.29, 0.717) is 90.7 Å². The first kappa shape index (κ1) is 89.5. The lowest BCUT2D eigenvalue weighted by atomic mass is 10.1. The minimum Gasteiger partial charge on any atom is -0.473 e. The molecule has 23 nitrogen and oxygen atoms in total. The fourth-order valence-corrected chi connectivity index (χ4v) is 15.4. The van der Waals surface area contributed by atoms with Crippen LogP contribution in [-0.2, 0) is 103 Å². The molecule has 0 unspecified atom stereocenters. The third-order valence-electron chi connectivity index (χ3n) is 21.1. The van der Waals surface area contributed by atoms with Crippen LogP contribution in [0, 0.1) is 76.1 Å². The van der Waals surface area contributed by atoms with Crippen LogP contribution in [0.15, 0.2) is 108 Å². The smallest absolute Gasteiger partial charge is 0.358 e. The van der Waals surface area contributed by atoms with Gasteiger partial charge in [-0.3, -0.25) is 18.8 Å². The van der Waals surface area contributed by atoms with Crippen molar-refractivity contribution in [2.45, 2.75) is 234 Å². The lowest BCUT2D eigenvalue weighted by Crippen LogP contribution is -2.20. The Hall–Kier alpha value is -9.82. The molecule has 117 heavy (non-hydrogen) atoms. The number of carbonyl (C=O) groups excluding carboxylic acids is 2. The van der Waals surface area contributed by atoms with Gasteiger partial charge in [-0.15, -0.1) is 0 Å². The van der Waals surface area contributed by atoms with Crippen LogP contribution in [0.5, 0.6) is 23.5 Å². The second-order valence-corrected chi connectivity index (χ2v) is 31.9. The van der Waals surface area contributed by atoms with Crippen molar-refractivity contribution < 1.29 is 90.8 Å². The summed E-state index contributed by atoms with van der Waals surface area (Å²) in [5.41, 5.74) is 2.73.